The molecule has 4 rings (SSSR count). The zero-order valence-electron chi connectivity index (χ0n) is 20.8. The average Bonchev–Trinajstić information content (AvgIpc) is 3.32. The summed E-state index contributed by atoms with van der Waals surface area (Å²) in [6, 6.07) is 22.4. The second-order valence-corrected chi connectivity index (χ2v) is 10.6. The normalized spacial score (nSPS) is 13.4. The van der Waals surface area contributed by atoms with E-state index in [2.05, 4.69) is 5.32 Å². The van der Waals surface area contributed by atoms with Crippen LogP contribution in [0.5, 0.6) is 5.75 Å². The molecule has 0 atom stereocenters. The van der Waals surface area contributed by atoms with Crippen LogP contribution in [0.3, 0.4) is 0 Å². The van der Waals surface area contributed by atoms with Gasteiger partial charge in [-0.05, 0) is 48.7 Å². The first-order valence-electron chi connectivity index (χ1n) is 12.3. The second-order valence-electron chi connectivity index (χ2n) is 8.69. The zero-order chi connectivity index (χ0) is 26.3. The van der Waals surface area contributed by atoms with E-state index in [4.69, 9.17) is 4.74 Å². The average molecular weight is 522 g/mol. The minimum Gasteiger partial charge on any atom is -0.492 e. The van der Waals surface area contributed by atoms with Gasteiger partial charge in [0.15, 0.2) is 0 Å². The van der Waals surface area contributed by atoms with Crippen molar-refractivity contribution in [2.45, 2.75) is 37.8 Å². The Kier molecular flexibility index (Phi) is 8.45. The van der Waals surface area contributed by atoms with E-state index in [1.165, 1.54) is 12.1 Å². The summed E-state index contributed by atoms with van der Waals surface area (Å²) in [6.07, 6.45) is 1.42. The van der Waals surface area contributed by atoms with Gasteiger partial charge in [0.1, 0.15) is 12.3 Å². The van der Waals surface area contributed by atoms with Crippen LogP contribution in [0.15, 0.2) is 83.8 Å². The summed E-state index contributed by atoms with van der Waals surface area (Å²) < 4.78 is 34.0. The van der Waals surface area contributed by atoms with Crippen LogP contribution in [0, 0.1) is 0 Å². The molecule has 3 aromatic carbocycles. The maximum absolute atomic E-state index is 13.6. The van der Waals surface area contributed by atoms with Crippen LogP contribution in [0.2, 0.25) is 0 Å². The Morgan fingerprint density at radius 2 is 1.65 bits per heavy atom. The van der Waals surface area contributed by atoms with Crippen LogP contribution in [0.25, 0.3) is 0 Å². The third-order valence-corrected chi connectivity index (χ3v) is 7.95. The van der Waals surface area contributed by atoms with E-state index in [1.54, 1.807) is 42.5 Å². The quantitative estimate of drug-likeness (QED) is 0.415. The lowest BCUT2D eigenvalue weighted by Gasteiger charge is -2.26. The minimum absolute atomic E-state index is 0.0785. The number of amides is 2. The molecular weight excluding hydrogens is 490 g/mol. The van der Waals surface area contributed by atoms with E-state index in [-0.39, 0.29) is 23.0 Å². The molecule has 1 aliphatic heterocycles. The van der Waals surface area contributed by atoms with E-state index < -0.39 is 22.5 Å². The number of carbonyl (C=O) groups excluding carboxylic acids is 2. The van der Waals surface area contributed by atoms with Gasteiger partial charge in [-0.25, -0.2) is 8.42 Å². The number of hydrogen-bond acceptors (Lipinski definition) is 5. The van der Waals surface area contributed by atoms with E-state index in [0.29, 0.717) is 25.3 Å². The van der Waals surface area contributed by atoms with Crippen LogP contribution in [0.4, 0.5) is 5.69 Å². The number of sulfonamides is 1. The zero-order valence-corrected chi connectivity index (χ0v) is 21.6. The molecule has 194 valence electrons. The molecule has 0 saturated carbocycles. The number of ether oxygens (including phenoxy) is 1. The Labute approximate surface area is 217 Å². The minimum atomic E-state index is -4.05. The monoisotopic (exact) mass is 521 g/mol. The van der Waals surface area contributed by atoms with Crippen molar-refractivity contribution >= 4 is 27.5 Å². The molecule has 1 fully saturated rings. The lowest BCUT2D eigenvalue weighted by Crippen LogP contribution is -2.41. The van der Waals surface area contributed by atoms with E-state index >= 15 is 0 Å². The molecule has 1 saturated heterocycles. The maximum Gasteiger partial charge on any atom is 0.264 e. The van der Waals surface area contributed by atoms with Gasteiger partial charge < -0.3 is 15.0 Å². The summed E-state index contributed by atoms with van der Waals surface area (Å²) in [4.78, 5) is 27.1. The molecule has 8 nitrogen and oxygen atoms in total. The first-order valence-corrected chi connectivity index (χ1v) is 13.7. The standard InChI is InChI=1S/C28H31N3O5S/c1-2-36-26-16-9-8-15-25(26)31(37(34,35)24-13-4-3-5-14-24)21-27(32)29-19-22-11-6-7-12-23(22)20-30-18-10-17-28(30)33/h3-9,11-16H,2,10,17-21H2,1H3,(H,29,32). The van der Waals surface area contributed by atoms with Gasteiger partial charge in [0.25, 0.3) is 10.0 Å². The maximum atomic E-state index is 13.6. The Bertz CT molecular complexity index is 1340. The summed E-state index contributed by atoms with van der Waals surface area (Å²) in [5.74, 6) is 0.0457. The molecule has 2 amide bonds. The molecule has 0 radical (unpaired) electrons. The summed E-state index contributed by atoms with van der Waals surface area (Å²) in [6.45, 7) is 3.16. The summed E-state index contributed by atoms with van der Waals surface area (Å²) in [7, 11) is -4.05. The van der Waals surface area contributed by atoms with Crippen molar-refractivity contribution in [2.75, 3.05) is 24.0 Å². The van der Waals surface area contributed by atoms with Crippen molar-refractivity contribution in [1.29, 1.82) is 0 Å². The molecule has 9 heteroatoms. The number of rotatable bonds is 11. The van der Waals surface area contributed by atoms with Crippen LogP contribution < -0.4 is 14.4 Å². The molecule has 0 unspecified atom stereocenters. The predicted octanol–water partition coefficient (Wildman–Crippen LogP) is 3.72. The van der Waals surface area contributed by atoms with Crippen molar-refractivity contribution in [1.82, 2.24) is 10.2 Å². The third-order valence-electron chi connectivity index (χ3n) is 6.18. The molecular formula is C28H31N3O5S. The van der Waals surface area contributed by atoms with Crippen molar-refractivity contribution < 1.29 is 22.7 Å². The smallest absolute Gasteiger partial charge is 0.264 e. The fourth-order valence-electron chi connectivity index (χ4n) is 4.30. The molecule has 1 N–H and O–H groups in total. The lowest BCUT2D eigenvalue weighted by molar-refractivity contribution is -0.128. The fraction of sp³-hybridized carbons (Fsp3) is 0.286. The van der Waals surface area contributed by atoms with E-state index in [1.807, 2.05) is 36.1 Å². The van der Waals surface area contributed by atoms with E-state index in [9.17, 15) is 18.0 Å². The Morgan fingerprint density at radius 1 is 0.973 bits per heavy atom. The predicted molar refractivity (Wildman–Crippen MR) is 142 cm³/mol. The number of anilines is 1. The van der Waals surface area contributed by atoms with Crippen LogP contribution >= 0.6 is 0 Å². The lowest BCUT2D eigenvalue weighted by atomic mass is 10.1. The molecule has 0 bridgehead atoms. The molecule has 3 aromatic rings. The number of hydrogen-bond donors (Lipinski definition) is 1. The first-order chi connectivity index (χ1) is 17.9. The van der Waals surface area contributed by atoms with Gasteiger partial charge in [0.2, 0.25) is 11.8 Å². The van der Waals surface area contributed by atoms with E-state index in [0.717, 1.165) is 28.4 Å². The molecule has 1 aliphatic rings. The number of likely N-dealkylation sites (tertiary alicyclic amines) is 1. The third kappa shape index (κ3) is 6.29. The Hall–Kier alpha value is -3.85. The second kappa shape index (κ2) is 11.9. The highest BCUT2D eigenvalue weighted by molar-refractivity contribution is 7.92. The Balaban J connectivity index is 1.55. The number of benzene rings is 3. The van der Waals surface area contributed by atoms with Crippen molar-refractivity contribution in [3.63, 3.8) is 0 Å². The number of para-hydroxylation sites is 2. The van der Waals surface area contributed by atoms with Gasteiger partial charge in [-0.2, -0.15) is 0 Å². The van der Waals surface area contributed by atoms with Crippen LogP contribution in [-0.4, -0.2) is 44.8 Å². The number of carbonyl (C=O) groups is 2. The van der Waals surface area contributed by atoms with Gasteiger partial charge in [-0.1, -0.05) is 54.6 Å². The van der Waals surface area contributed by atoms with Crippen molar-refractivity contribution in [3.8, 4) is 5.75 Å². The van der Waals surface area contributed by atoms with Crippen LogP contribution in [-0.2, 0) is 32.7 Å². The molecule has 0 aromatic heterocycles. The van der Waals surface area contributed by atoms with Gasteiger partial charge >= 0.3 is 0 Å². The van der Waals surface area contributed by atoms with Gasteiger partial charge in [-0.3, -0.25) is 13.9 Å². The number of nitrogens with one attached hydrogen (secondary N) is 1. The topological polar surface area (TPSA) is 96.0 Å². The first kappa shape index (κ1) is 26.2. The SMILES string of the molecule is CCOc1ccccc1N(CC(=O)NCc1ccccc1CN1CCCC1=O)S(=O)(=O)c1ccccc1. The van der Waals surface area contributed by atoms with Gasteiger partial charge in [-0.15, -0.1) is 0 Å². The highest BCUT2D eigenvalue weighted by Crippen LogP contribution is 2.32. The van der Waals surface area contributed by atoms with Gasteiger partial charge in [0.05, 0.1) is 17.2 Å². The summed E-state index contributed by atoms with van der Waals surface area (Å²) in [5.41, 5.74) is 2.12. The largest absolute Gasteiger partial charge is 0.492 e. The molecule has 1 heterocycles. The van der Waals surface area contributed by atoms with Gasteiger partial charge in [0, 0.05) is 26.1 Å². The Morgan fingerprint density at radius 3 is 2.35 bits per heavy atom. The van der Waals surface area contributed by atoms with Crippen molar-refractivity contribution in [2.24, 2.45) is 0 Å². The molecule has 0 aliphatic carbocycles. The number of nitrogens with zero attached hydrogens (tertiary/aromatic N) is 2. The summed E-state index contributed by atoms with van der Waals surface area (Å²) in [5, 5.41) is 2.86. The highest BCUT2D eigenvalue weighted by atomic mass is 32.2. The summed E-state index contributed by atoms with van der Waals surface area (Å²) >= 11 is 0. The molecule has 0 spiro atoms. The fourth-order valence-corrected chi connectivity index (χ4v) is 5.75. The highest BCUT2D eigenvalue weighted by Gasteiger charge is 2.29. The molecule has 37 heavy (non-hydrogen) atoms. The van der Waals surface area contributed by atoms with Crippen LogP contribution in [0.1, 0.15) is 30.9 Å². The van der Waals surface area contributed by atoms with Crippen molar-refractivity contribution in [3.05, 3.63) is 90.0 Å².